The van der Waals surface area contributed by atoms with E-state index in [0.29, 0.717) is 0 Å². The van der Waals surface area contributed by atoms with E-state index in [9.17, 15) is 14.2 Å². The first kappa shape index (κ1) is 16.2. The largest absolute Gasteiger partial charge is 0.480 e. The predicted octanol–water partition coefficient (Wildman–Crippen LogP) is 1.99. The zero-order chi connectivity index (χ0) is 15.2. The van der Waals surface area contributed by atoms with Crippen molar-refractivity contribution >= 4 is 19.2 Å². The number of nitrogens with one attached hydrogen (secondary N) is 1. The molecule has 7 heteroatoms. The van der Waals surface area contributed by atoms with Crippen molar-refractivity contribution in [2.75, 3.05) is 19.5 Å². The molecule has 1 aromatic rings. The van der Waals surface area contributed by atoms with Gasteiger partial charge in [-0.3, -0.25) is 0 Å². The summed E-state index contributed by atoms with van der Waals surface area (Å²) >= 11 is 0. The monoisotopic (exact) mass is 299 g/mol. The van der Waals surface area contributed by atoms with Crippen molar-refractivity contribution in [3.05, 3.63) is 35.9 Å². The highest BCUT2D eigenvalue weighted by atomic mass is 31.2. The summed E-state index contributed by atoms with van der Waals surface area (Å²) in [6.07, 6.45) is -0.947. The van der Waals surface area contributed by atoms with E-state index >= 15 is 0 Å². The fraction of sp³-hybridized carbons (Fsp3) is 0.385. The van der Waals surface area contributed by atoms with Crippen LogP contribution in [0.5, 0.6) is 0 Å². The Balaban J connectivity index is 2.50. The summed E-state index contributed by atoms with van der Waals surface area (Å²) < 4.78 is 16.6. The van der Waals surface area contributed by atoms with Crippen molar-refractivity contribution in [2.45, 2.75) is 12.6 Å². The number of carboxylic acids is 1. The first-order chi connectivity index (χ1) is 9.28. The number of hydrogen-bond acceptors (Lipinski definition) is 4. The van der Waals surface area contributed by atoms with Crippen molar-refractivity contribution in [1.82, 2.24) is 5.32 Å². The Morgan fingerprint density at radius 3 is 2.40 bits per heavy atom. The third kappa shape index (κ3) is 6.38. The Morgan fingerprint density at radius 1 is 1.30 bits per heavy atom. The van der Waals surface area contributed by atoms with E-state index in [1.165, 1.54) is 13.3 Å². The molecule has 1 atom stereocenters. The zero-order valence-electron chi connectivity index (χ0n) is 11.4. The van der Waals surface area contributed by atoms with Crippen LogP contribution in [0, 0.1) is 0 Å². The number of alkyl carbamates (subject to hydrolysis) is 1. The Hall–Kier alpha value is -1.81. The van der Waals surface area contributed by atoms with Crippen molar-refractivity contribution in [2.24, 2.45) is 0 Å². The molecule has 1 aromatic carbocycles. The molecule has 0 saturated heterocycles. The molecule has 1 unspecified atom stereocenters. The van der Waals surface area contributed by atoms with Gasteiger partial charge < -0.3 is 19.7 Å². The van der Waals surface area contributed by atoms with Gasteiger partial charge in [0, 0.05) is 6.16 Å². The minimum absolute atomic E-state index is 0.0505. The first-order valence-corrected chi connectivity index (χ1v) is 8.80. The topological polar surface area (TPSA) is 92.7 Å². The lowest BCUT2D eigenvalue weighted by Gasteiger charge is -2.16. The minimum atomic E-state index is -2.56. The maximum Gasteiger partial charge on any atom is 0.408 e. The Kier molecular flexibility index (Phi) is 5.77. The van der Waals surface area contributed by atoms with Crippen LogP contribution in [-0.2, 0) is 20.7 Å². The Morgan fingerprint density at radius 2 is 1.90 bits per heavy atom. The average Bonchev–Trinajstić information content (AvgIpc) is 2.35. The third-order valence-electron chi connectivity index (χ3n) is 2.43. The van der Waals surface area contributed by atoms with Gasteiger partial charge in [-0.2, -0.15) is 0 Å². The lowest BCUT2D eigenvalue weighted by atomic mass is 10.2. The second-order valence-corrected chi connectivity index (χ2v) is 8.37. The molecule has 6 nitrogen and oxygen atoms in total. The number of aliphatic carboxylic acids is 1. The first-order valence-electron chi connectivity index (χ1n) is 6.02. The molecule has 0 spiro atoms. The molecule has 0 aliphatic rings. The van der Waals surface area contributed by atoms with Gasteiger partial charge >= 0.3 is 12.1 Å². The van der Waals surface area contributed by atoms with E-state index in [1.807, 2.05) is 6.07 Å². The molecule has 20 heavy (non-hydrogen) atoms. The molecule has 110 valence electrons. The number of benzene rings is 1. The van der Waals surface area contributed by atoms with Crippen LogP contribution in [-0.4, -0.2) is 42.7 Å². The van der Waals surface area contributed by atoms with Gasteiger partial charge in [-0.15, -0.1) is 0 Å². The maximum atomic E-state index is 11.6. The quantitative estimate of drug-likeness (QED) is 0.784. The Labute approximate surface area is 117 Å². The van der Waals surface area contributed by atoms with Crippen molar-refractivity contribution < 1.29 is 24.0 Å². The van der Waals surface area contributed by atoms with Crippen LogP contribution in [0.1, 0.15) is 5.56 Å². The van der Waals surface area contributed by atoms with E-state index in [1.54, 1.807) is 24.3 Å². The molecule has 0 saturated carbocycles. The van der Waals surface area contributed by atoms with Crippen LogP contribution < -0.4 is 5.32 Å². The SMILES string of the molecule is CP(C)(=O)CC(NC(=O)OCc1ccccc1)C(=O)O. The van der Waals surface area contributed by atoms with E-state index < -0.39 is 25.2 Å². The minimum Gasteiger partial charge on any atom is -0.480 e. The van der Waals surface area contributed by atoms with Gasteiger partial charge in [0.05, 0.1) is 7.14 Å². The van der Waals surface area contributed by atoms with Gasteiger partial charge in [0.2, 0.25) is 0 Å². The van der Waals surface area contributed by atoms with Gasteiger partial charge in [-0.25, -0.2) is 9.59 Å². The summed E-state index contributed by atoms with van der Waals surface area (Å²) in [5.41, 5.74) is 0.797. The standard InChI is InChI=1S/C13H18NO5P/c1-20(2,18)9-11(12(15)16)14-13(17)19-8-10-6-4-3-5-7-10/h3-7,11H,8-9H2,1-2H3,(H,14,17)(H,15,16). The third-order valence-corrected chi connectivity index (χ3v) is 3.67. The van der Waals surface area contributed by atoms with Crippen LogP contribution in [0.25, 0.3) is 0 Å². The average molecular weight is 299 g/mol. The summed E-state index contributed by atoms with van der Waals surface area (Å²) in [5, 5.41) is 11.2. The molecule has 1 rings (SSSR count). The number of ether oxygens (including phenoxy) is 1. The molecule has 0 heterocycles. The van der Waals surface area contributed by atoms with Gasteiger partial charge in [-0.1, -0.05) is 30.3 Å². The highest BCUT2D eigenvalue weighted by Gasteiger charge is 2.25. The highest BCUT2D eigenvalue weighted by molar-refractivity contribution is 7.62. The summed E-state index contributed by atoms with van der Waals surface area (Å²) in [5.74, 6) is -1.23. The highest BCUT2D eigenvalue weighted by Crippen LogP contribution is 2.36. The van der Waals surface area contributed by atoms with Crippen molar-refractivity contribution in [3.8, 4) is 0 Å². The van der Waals surface area contributed by atoms with Gasteiger partial charge in [0.1, 0.15) is 12.6 Å². The van der Waals surface area contributed by atoms with E-state index in [4.69, 9.17) is 9.84 Å². The van der Waals surface area contributed by atoms with Gasteiger partial charge in [-0.05, 0) is 18.9 Å². The van der Waals surface area contributed by atoms with Crippen molar-refractivity contribution in [3.63, 3.8) is 0 Å². The number of carbonyl (C=O) groups excluding carboxylic acids is 1. The number of amides is 1. The summed E-state index contributed by atoms with van der Waals surface area (Å²) in [6, 6.07) is 7.81. The fourth-order valence-corrected chi connectivity index (χ4v) is 2.66. The number of carboxylic acid groups (broad SMARTS) is 1. The fourth-order valence-electron chi connectivity index (χ4n) is 1.53. The normalized spacial score (nSPS) is 12.5. The summed E-state index contributed by atoms with van der Waals surface area (Å²) in [4.78, 5) is 22.5. The molecular weight excluding hydrogens is 281 g/mol. The maximum absolute atomic E-state index is 11.6. The van der Waals surface area contributed by atoms with Crippen molar-refractivity contribution in [1.29, 1.82) is 0 Å². The molecule has 0 aliphatic heterocycles. The van der Waals surface area contributed by atoms with Crippen LogP contribution in [0.3, 0.4) is 0 Å². The van der Waals surface area contributed by atoms with E-state index in [0.717, 1.165) is 5.56 Å². The molecule has 1 amide bonds. The van der Waals surface area contributed by atoms with Crippen LogP contribution in [0.2, 0.25) is 0 Å². The lowest BCUT2D eigenvalue weighted by molar-refractivity contribution is -0.138. The molecule has 0 fully saturated rings. The van der Waals surface area contributed by atoms with Gasteiger partial charge in [0.25, 0.3) is 0 Å². The molecular formula is C13H18NO5P. The summed E-state index contributed by atoms with van der Waals surface area (Å²) in [6.45, 7) is 2.99. The van der Waals surface area contributed by atoms with Crippen LogP contribution >= 0.6 is 7.14 Å². The molecule has 0 bridgehead atoms. The molecule has 0 radical (unpaired) electrons. The van der Waals surface area contributed by atoms with E-state index in [-0.39, 0.29) is 12.8 Å². The second-order valence-electron chi connectivity index (χ2n) is 4.85. The number of carbonyl (C=O) groups is 2. The van der Waals surface area contributed by atoms with Gasteiger partial charge in [0.15, 0.2) is 0 Å². The zero-order valence-corrected chi connectivity index (χ0v) is 12.3. The molecule has 2 N–H and O–H groups in total. The molecule has 0 aliphatic carbocycles. The second kappa shape index (κ2) is 7.10. The number of rotatable bonds is 6. The van der Waals surface area contributed by atoms with Crippen LogP contribution in [0.15, 0.2) is 30.3 Å². The lowest BCUT2D eigenvalue weighted by Crippen LogP contribution is -2.43. The number of hydrogen-bond donors (Lipinski definition) is 2. The smallest absolute Gasteiger partial charge is 0.408 e. The molecule has 0 aromatic heterocycles. The Bertz CT molecular complexity index is 511. The van der Waals surface area contributed by atoms with Crippen LogP contribution in [0.4, 0.5) is 4.79 Å². The predicted molar refractivity (Wildman–Crippen MR) is 75.5 cm³/mol. The summed E-state index contributed by atoms with van der Waals surface area (Å²) in [7, 11) is -2.56. The van der Waals surface area contributed by atoms with E-state index in [2.05, 4.69) is 5.32 Å².